The van der Waals surface area contributed by atoms with Crippen LogP contribution in [-0.4, -0.2) is 35.8 Å². The first kappa shape index (κ1) is 18.9. The smallest absolute Gasteiger partial charge is 0.331 e. The second kappa shape index (κ2) is 8.66. The quantitative estimate of drug-likeness (QED) is 0.552. The van der Waals surface area contributed by atoms with Gasteiger partial charge in [-0.15, -0.1) is 0 Å². The van der Waals surface area contributed by atoms with E-state index >= 15 is 0 Å². The van der Waals surface area contributed by atoms with E-state index in [9.17, 15) is 14.4 Å². The third-order valence-corrected chi connectivity index (χ3v) is 4.57. The Morgan fingerprint density at radius 3 is 2.85 bits per heavy atom. The Hall–Kier alpha value is -2.89. The van der Waals surface area contributed by atoms with E-state index in [1.54, 1.807) is 6.08 Å². The topological polar surface area (TPSA) is 76.8 Å². The zero-order valence-corrected chi connectivity index (χ0v) is 15.4. The fourth-order valence-corrected chi connectivity index (χ4v) is 3.14. The van der Waals surface area contributed by atoms with Gasteiger partial charge in [0.15, 0.2) is 6.61 Å². The highest BCUT2D eigenvalue weighted by Crippen LogP contribution is 2.28. The lowest BCUT2D eigenvalue weighted by Gasteiger charge is -2.12. The highest BCUT2D eigenvalue weighted by atomic mass is 16.5. The van der Waals surface area contributed by atoms with Crippen LogP contribution in [0.3, 0.4) is 0 Å². The largest absolute Gasteiger partial charge is 0.460 e. The standard InChI is InChI=1S/C21H23NO5/c1-2-3-8-17-16(15-7-4-5-9-18(15)27-17)11-12-21(25)26-14-20(24)22-13-6-10-19(22)23/h4-5,7,9,11-12H,2-3,6,8,10,13-14H2,1H3/b12-11+. The molecule has 6 nitrogen and oxygen atoms in total. The molecule has 2 amide bonds. The van der Waals surface area contributed by atoms with Gasteiger partial charge in [0.05, 0.1) is 0 Å². The minimum absolute atomic E-state index is 0.211. The van der Waals surface area contributed by atoms with Gasteiger partial charge in [0.2, 0.25) is 5.91 Å². The van der Waals surface area contributed by atoms with Crippen molar-refractivity contribution in [3.8, 4) is 0 Å². The van der Waals surface area contributed by atoms with Gasteiger partial charge in [-0.1, -0.05) is 31.5 Å². The number of furan rings is 1. The second-order valence-electron chi connectivity index (χ2n) is 6.52. The summed E-state index contributed by atoms with van der Waals surface area (Å²) < 4.78 is 10.9. The summed E-state index contributed by atoms with van der Waals surface area (Å²) in [6.07, 6.45) is 6.81. The summed E-state index contributed by atoms with van der Waals surface area (Å²) in [6, 6.07) is 7.67. The Bertz CT molecular complexity index is 880. The van der Waals surface area contributed by atoms with Gasteiger partial charge in [-0.2, -0.15) is 0 Å². The molecule has 0 unspecified atom stereocenters. The molecule has 1 fully saturated rings. The molecule has 1 aromatic heterocycles. The predicted molar refractivity (Wildman–Crippen MR) is 101 cm³/mol. The van der Waals surface area contributed by atoms with E-state index in [2.05, 4.69) is 6.92 Å². The number of esters is 1. The lowest BCUT2D eigenvalue weighted by molar-refractivity contribution is -0.151. The maximum absolute atomic E-state index is 12.0. The summed E-state index contributed by atoms with van der Waals surface area (Å²) in [4.78, 5) is 36.6. The Morgan fingerprint density at radius 1 is 1.30 bits per heavy atom. The van der Waals surface area contributed by atoms with Crippen LogP contribution in [0, 0.1) is 0 Å². The third-order valence-electron chi connectivity index (χ3n) is 4.57. The number of benzene rings is 1. The first-order valence-electron chi connectivity index (χ1n) is 9.28. The molecule has 142 valence electrons. The number of imide groups is 1. The Labute approximate surface area is 157 Å². The number of hydrogen-bond donors (Lipinski definition) is 0. The molecule has 0 atom stereocenters. The van der Waals surface area contributed by atoms with Crippen LogP contribution >= 0.6 is 0 Å². The van der Waals surface area contributed by atoms with Crippen LogP contribution in [0.25, 0.3) is 17.0 Å². The van der Waals surface area contributed by atoms with E-state index in [4.69, 9.17) is 9.15 Å². The molecule has 2 heterocycles. The van der Waals surface area contributed by atoms with E-state index in [0.717, 1.165) is 46.5 Å². The van der Waals surface area contributed by atoms with Crippen LogP contribution in [0.2, 0.25) is 0 Å². The minimum atomic E-state index is -0.623. The Kier molecular flexibility index (Phi) is 6.06. The van der Waals surface area contributed by atoms with Crippen molar-refractivity contribution in [3.05, 3.63) is 41.7 Å². The van der Waals surface area contributed by atoms with Crippen molar-refractivity contribution < 1.29 is 23.5 Å². The van der Waals surface area contributed by atoms with Gasteiger partial charge in [-0.05, 0) is 25.0 Å². The number of fused-ring (bicyclic) bond motifs is 1. The molecule has 6 heteroatoms. The number of nitrogens with zero attached hydrogens (tertiary/aromatic N) is 1. The number of likely N-dealkylation sites (tertiary alicyclic amines) is 1. The van der Waals surface area contributed by atoms with Gasteiger partial charge in [0.1, 0.15) is 11.3 Å². The van der Waals surface area contributed by atoms with E-state index in [1.165, 1.54) is 6.08 Å². The summed E-state index contributed by atoms with van der Waals surface area (Å²) in [5, 5.41) is 0.936. The number of carbonyl (C=O) groups is 3. The van der Waals surface area contributed by atoms with Crippen molar-refractivity contribution in [1.82, 2.24) is 4.90 Å². The number of rotatable bonds is 7. The molecule has 0 spiro atoms. The minimum Gasteiger partial charge on any atom is -0.460 e. The molecular formula is C21H23NO5. The number of para-hydroxylation sites is 1. The zero-order chi connectivity index (χ0) is 19.2. The van der Waals surface area contributed by atoms with E-state index in [1.807, 2.05) is 24.3 Å². The van der Waals surface area contributed by atoms with Crippen LogP contribution in [0.15, 0.2) is 34.8 Å². The van der Waals surface area contributed by atoms with Crippen LogP contribution < -0.4 is 0 Å². The van der Waals surface area contributed by atoms with Crippen molar-refractivity contribution in [2.75, 3.05) is 13.2 Å². The van der Waals surface area contributed by atoms with Crippen molar-refractivity contribution >= 4 is 34.8 Å². The van der Waals surface area contributed by atoms with E-state index in [-0.39, 0.29) is 5.91 Å². The average Bonchev–Trinajstić information content (AvgIpc) is 3.25. The highest BCUT2D eigenvalue weighted by Gasteiger charge is 2.26. The summed E-state index contributed by atoms with van der Waals surface area (Å²) in [7, 11) is 0. The third kappa shape index (κ3) is 4.45. The van der Waals surface area contributed by atoms with Crippen LogP contribution in [-0.2, 0) is 25.5 Å². The molecule has 1 aromatic carbocycles. The van der Waals surface area contributed by atoms with Gasteiger partial charge in [-0.25, -0.2) is 4.79 Å². The molecular weight excluding hydrogens is 346 g/mol. The lowest BCUT2D eigenvalue weighted by atomic mass is 10.1. The first-order chi connectivity index (χ1) is 13.1. The van der Waals surface area contributed by atoms with Crippen LogP contribution in [0.4, 0.5) is 0 Å². The summed E-state index contributed by atoms with van der Waals surface area (Å²) in [5.41, 5.74) is 1.64. The van der Waals surface area contributed by atoms with Gasteiger partial charge in [0.25, 0.3) is 5.91 Å². The summed E-state index contributed by atoms with van der Waals surface area (Å²) in [6.45, 7) is 2.08. The SMILES string of the molecule is CCCCc1oc2ccccc2c1/C=C/C(=O)OCC(=O)N1CCCC1=O. The molecule has 3 rings (SSSR count). The molecule has 0 bridgehead atoms. The normalized spacial score (nSPS) is 14.4. The first-order valence-corrected chi connectivity index (χ1v) is 9.28. The molecule has 1 saturated heterocycles. The van der Waals surface area contributed by atoms with E-state index < -0.39 is 18.5 Å². The molecule has 0 saturated carbocycles. The number of hydrogen-bond acceptors (Lipinski definition) is 5. The average molecular weight is 369 g/mol. The number of unbranched alkanes of at least 4 members (excludes halogenated alkanes) is 1. The van der Waals surface area contributed by atoms with Crippen LogP contribution in [0.1, 0.15) is 43.9 Å². The fraction of sp³-hybridized carbons (Fsp3) is 0.381. The number of amides is 2. The van der Waals surface area contributed by atoms with Crippen LogP contribution in [0.5, 0.6) is 0 Å². The van der Waals surface area contributed by atoms with Gasteiger partial charge in [0, 0.05) is 36.4 Å². The number of carbonyl (C=O) groups excluding carboxylic acids is 3. The van der Waals surface area contributed by atoms with Gasteiger partial charge in [-0.3, -0.25) is 14.5 Å². The molecule has 2 aromatic rings. The van der Waals surface area contributed by atoms with Crippen molar-refractivity contribution in [3.63, 3.8) is 0 Å². The molecule has 0 N–H and O–H groups in total. The Balaban J connectivity index is 1.66. The van der Waals surface area contributed by atoms with Gasteiger partial charge < -0.3 is 9.15 Å². The fourth-order valence-electron chi connectivity index (χ4n) is 3.14. The molecule has 27 heavy (non-hydrogen) atoms. The van der Waals surface area contributed by atoms with E-state index in [0.29, 0.717) is 19.4 Å². The summed E-state index contributed by atoms with van der Waals surface area (Å²) in [5.74, 6) is -0.476. The molecule has 1 aliphatic rings. The maximum Gasteiger partial charge on any atom is 0.331 e. The highest BCUT2D eigenvalue weighted by molar-refractivity contribution is 5.99. The summed E-state index contributed by atoms with van der Waals surface area (Å²) >= 11 is 0. The predicted octanol–water partition coefficient (Wildman–Crippen LogP) is 3.48. The van der Waals surface area contributed by atoms with Crippen molar-refractivity contribution in [1.29, 1.82) is 0 Å². The van der Waals surface area contributed by atoms with Crippen molar-refractivity contribution in [2.24, 2.45) is 0 Å². The van der Waals surface area contributed by atoms with Crippen molar-refractivity contribution in [2.45, 2.75) is 39.0 Å². The lowest BCUT2D eigenvalue weighted by Crippen LogP contribution is -2.35. The zero-order valence-electron chi connectivity index (χ0n) is 15.4. The number of ether oxygens (including phenoxy) is 1. The molecule has 1 aliphatic heterocycles. The maximum atomic E-state index is 12.0. The molecule has 0 radical (unpaired) electrons. The monoisotopic (exact) mass is 369 g/mol. The second-order valence-corrected chi connectivity index (χ2v) is 6.52. The molecule has 0 aliphatic carbocycles. The number of aryl methyl sites for hydroxylation is 1. The Morgan fingerprint density at radius 2 is 2.11 bits per heavy atom. The van der Waals surface area contributed by atoms with Gasteiger partial charge >= 0.3 is 5.97 Å².